The van der Waals surface area contributed by atoms with Crippen molar-refractivity contribution in [2.75, 3.05) is 0 Å². The number of hydrogen-bond acceptors (Lipinski definition) is 3. The molecule has 1 heterocycles. The second-order valence-electron chi connectivity index (χ2n) is 4.34. The molecule has 0 spiro atoms. The van der Waals surface area contributed by atoms with Crippen molar-refractivity contribution in [3.05, 3.63) is 29.7 Å². The van der Waals surface area contributed by atoms with Gasteiger partial charge < -0.3 is 10.2 Å². The number of benzene rings is 1. The molecule has 15 heavy (non-hydrogen) atoms. The van der Waals surface area contributed by atoms with Crippen LogP contribution in [0.25, 0.3) is 11.1 Å². The Balaban J connectivity index is 2.09. The Labute approximate surface area is 88.3 Å². The molecule has 1 saturated carbocycles. The van der Waals surface area contributed by atoms with Gasteiger partial charge in [0.15, 0.2) is 5.58 Å². The summed E-state index contributed by atoms with van der Waals surface area (Å²) in [4.78, 5) is 4.48. The van der Waals surface area contributed by atoms with Crippen molar-refractivity contribution in [3.63, 3.8) is 0 Å². The third-order valence-corrected chi connectivity index (χ3v) is 3.05. The average molecular weight is 202 g/mol. The number of fused-ring (bicyclic) bond motifs is 1. The first-order valence-electron chi connectivity index (χ1n) is 5.37. The van der Waals surface area contributed by atoms with Gasteiger partial charge in [-0.1, -0.05) is 12.1 Å². The fourth-order valence-electron chi connectivity index (χ4n) is 1.90. The largest absolute Gasteiger partial charge is 0.439 e. The van der Waals surface area contributed by atoms with E-state index in [1.165, 1.54) is 12.8 Å². The Morgan fingerprint density at radius 2 is 2.27 bits per heavy atom. The molecule has 1 atom stereocenters. The summed E-state index contributed by atoms with van der Waals surface area (Å²) in [7, 11) is 0. The summed E-state index contributed by atoms with van der Waals surface area (Å²) < 4.78 is 5.68. The van der Waals surface area contributed by atoms with E-state index in [4.69, 9.17) is 10.2 Å². The highest BCUT2D eigenvalue weighted by Gasteiger charge is 2.32. The monoisotopic (exact) mass is 202 g/mol. The van der Waals surface area contributed by atoms with Gasteiger partial charge in [0.05, 0.1) is 6.04 Å². The molecular formula is C12H14N2O. The van der Waals surface area contributed by atoms with Crippen LogP contribution < -0.4 is 5.73 Å². The first-order valence-corrected chi connectivity index (χ1v) is 5.37. The molecule has 3 rings (SSSR count). The van der Waals surface area contributed by atoms with Gasteiger partial charge >= 0.3 is 0 Å². The maximum Gasteiger partial charge on any atom is 0.212 e. The number of nitrogens with zero attached hydrogens (tertiary/aromatic N) is 1. The zero-order valence-electron chi connectivity index (χ0n) is 8.73. The molecule has 0 radical (unpaired) electrons. The molecule has 1 unspecified atom stereocenters. The van der Waals surface area contributed by atoms with E-state index in [-0.39, 0.29) is 6.04 Å². The molecular weight excluding hydrogens is 188 g/mol. The van der Waals surface area contributed by atoms with Crippen LogP contribution >= 0.6 is 0 Å². The van der Waals surface area contributed by atoms with Gasteiger partial charge in [-0.15, -0.1) is 0 Å². The van der Waals surface area contributed by atoms with Gasteiger partial charge in [-0.25, -0.2) is 4.98 Å². The highest BCUT2D eigenvalue weighted by molar-refractivity contribution is 5.76. The van der Waals surface area contributed by atoms with Crippen molar-refractivity contribution >= 4 is 11.1 Å². The molecule has 2 aromatic rings. The van der Waals surface area contributed by atoms with Crippen molar-refractivity contribution in [3.8, 4) is 0 Å². The van der Waals surface area contributed by atoms with E-state index in [2.05, 4.69) is 4.98 Å². The van der Waals surface area contributed by atoms with Gasteiger partial charge in [0.2, 0.25) is 5.89 Å². The summed E-state index contributed by atoms with van der Waals surface area (Å²) in [6, 6.07) is 5.95. The van der Waals surface area contributed by atoms with Crippen molar-refractivity contribution in [1.82, 2.24) is 4.98 Å². The van der Waals surface area contributed by atoms with Gasteiger partial charge in [0, 0.05) is 0 Å². The lowest BCUT2D eigenvalue weighted by Crippen LogP contribution is -2.12. The molecule has 1 fully saturated rings. The predicted molar refractivity (Wildman–Crippen MR) is 58.4 cm³/mol. The Kier molecular flexibility index (Phi) is 1.83. The quantitative estimate of drug-likeness (QED) is 0.814. The molecule has 1 aromatic carbocycles. The zero-order valence-corrected chi connectivity index (χ0v) is 8.73. The van der Waals surface area contributed by atoms with Crippen LogP contribution in [0.15, 0.2) is 22.6 Å². The van der Waals surface area contributed by atoms with Gasteiger partial charge in [-0.05, 0) is 37.3 Å². The van der Waals surface area contributed by atoms with Crippen LogP contribution in [-0.4, -0.2) is 4.98 Å². The highest BCUT2D eigenvalue weighted by Crippen LogP contribution is 2.39. The Hall–Kier alpha value is -1.35. The Bertz CT molecular complexity index is 499. The third kappa shape index (κ3) is 1.43. The number of rotatable bonds is 2. The van der Waals surface area contributed by atoms with E-state index in [1.54, 1.807) is 0 Å². The minimum Gasteiger partial charge on any atom is -0.439 e. The van der Waals surface area contributed by atoms with Gasteiger partial charge in [-0.2, -0.15) is 0 Å². The first-order chi connectivity index (χ1) is 7.25. The molecule has 1 aromatic heterocycles. The molecule has 2 N–H and O–H groups in total. The molecule has 1 aliphatic carbocycles. The second kappa shape index (κ2) is 3.07. The lowest BCUT2D eigenvalue weighted by atomic mass is 10.2. The summed E-state index contributed by atoms with van der Waals surface area (Å²) in [6.45, 7) is 2.04. The van der Waals surface area contributed by atoms with Crippen LogP contribution in [0, 0.1) is 12.8 Å². The average Bonchev–Trinajstić information content (AvgIpc) is 2.97. The maximum atomic E-state index is 6.06. The smallest absolute Gasteiger partial charge is 0.212 e. The second-order valence-corrected chi connectivity index (χ2v) is 4.34. The zero-order chi connectivity index (χ0) is 10.4. The number of nitrogens with two attached hydrogens (primary N) is 1. The van der Waals surface area contributed by atoms with Crippen LogP contribution in [0.2, 0.25) is 0 Å². The highest BCUT2D eigenvalue weighted by atomic mass is 16.3. The number of oxazole rings is 1. The molecule has 0 saturated heterocycles. The topological polar surface area (TPSA) is 52.0 Å². The molecule has 0 aliphatic heterocycles. The van der Waals surface area contributed by atoms with Gasteiger partial charge in [-0.3, -0.25) is 0 Å². The van der Waals surface area contributed by atoms with Crippen LogP contribution in [0.1, 0.15) is 30.3 Å². The normalized spacial score (nSPS) is 18.3. The molecule has 0 bridgehead atoms. The van der Waals surface area contributed by atoms with Crippen LogP contribution in [0.5, 0.6) is 0 Å². The molecule has 3 nitrogen and oxygen atoms in total. The summed E-state index contributed by atoms with van der Waals surface area (Å²) >= 11 is 0. The molecule has 1 aliphatic rings. The number of hydrogen-bond donors (Lipinski definition) is 1. The van der Waals surface area contributed by atoms with Crippen molar-refractivity contribution in [2.24, 2.45) is 11.7 Å². The number of para-hydroxylation sites is 1. The number of aryl methyl sites for hydroxylation is 1. The van der Waals surface area contributed by atoms with Crippen molar-refractivity contribution in [2.45, 2.75) is 25.8 Å². The predicted octanol–water partition coefficient (Wildman–Crippen LogP) is 2.55. The van der Waals surface area contributed by atoms with Crippen LogP contribution in [0.4, 0.5) is 0 Å². The van der Waals surface area contributed by atoms with Crippen molar-refractivity contribution < 1.29 is 4.42 Å². The number of aromatic nitrogens is 1. The fraction of sp³-hybridized carbons (Fsp3) is 0.417. The van der Waals surface area contributed by atoms with E-state index in [0.717, 1.165) is 16.7 Å². The fourth-order valence-corrected chi connectivity index (χ4v) is 1.90. The van der Waals surface area contributed by atoms with Crippen molar-refractivity contribution in [1.29, 1.82) is 0 Å². The van der Waals surface area contributed by atoms with Gasteiger partial charge in [0.25, 0.3) is 0 Å². The lowest BCUT2D eigenvalue weighted by molar-refractivity contribution is 0.448. The van der Waals surface area contributed by atoms with E-state index < -0.39 is 0 Å². The third-order valence-electron chi connectivity index (χ3n) is 3.05. The van der Waals surface area contributed by atoms with E-state index in [0.29, 0.717) is 11.8 Å². The lowest BCUT2D eigenvalue weighted by Gasteiger charge is -2.02. The summed E-state index contributed by atoms with van der Waals surface area (Å²) in [5, 5.41) is 0. The maximum absolute atomic E-state index is 6.06. The summed E-state index contributed by atoms with van der Waals surface area (Å²) in [6.07, 6.45) is 2.41. The van der Waals surface area contributed by atoms with Gasteiger partial charge in [0.1, 0.15) is 5.52 Å². The van der Waals surface area contributed by atoms with Crippen LogP contribution in [-0.2, 0) is 0 Å². The SMILES string of the molecule is Cc1cccc2oc(C(N)C3CC3)nc12. The minimum absolute atomic E-state index is 0.0169. The van der Waals surface area contributed by atoms with E-state index in [9.17, 15) is 0 Å². The van der Waals surface area contributed by atoms with E-state index >= 15 is 0 Å². The first kappa shape index (κ1) is 8.92. The van der Waals surface area contributed by atoms with Crippen LogP contribution in [0.3, 0.4) is 0 Å². The molecule has 78 valence electrons. The Morgan fingerprint density at radius 1 is 1.47 bits per heavy atom. The standard InChI is InChI=1S/C12H14N2O/c1-7-3-2-4-9-11(7)14-12(15-9)10(13)8-5-6-8/h2-4,8,10H,5-6,13H2,1H3. The Morgan fingerprint density at radius 3 is 2.93 bits per heavy atom. The van der Waals surface area contributed by atoms with E-state index in [1.807, 2.05) is 25.1 Å². The molecule has 0 amide bonds. The minimum atomic E-state index is -0.0169. The molecule has 3 heteroatoms. The summed E-state index contributed by atoms with van der Waals surface area (Å²) in [5.74, 6) is 1.28. The summed E-state index contributed by atoms with van der Waals surface area (Å²) in [5.41, 5.74) is 9.00.